The minimum atomic E-state index is -0.0518. The number of hydrogen-bond donors (Lipinski definition) is 2. The van der Waals surface area contributed by atoms with E-state index in [1.54, 1.807) is 7.05 Å². The molecule has 0 amide bonds. The van der Waals surface area contributed by atoms with Crippen LogP contribution in [0.2, 0.25) is 0 Å². The maximum absolute atomic E-state index is 5.86. The van der Waals surface area contributed by atoms with E-state index in [1.165, 1.54) is 0 Å². The molecule has 0 aliphatic carbocycles. The van der Waals surface area contributed by atoms with Crippen molar-refractivity contribution >= 4 is 5.96 Å². The summed E-state index contributed by atoms with van der Waals surface area (Å²) in [7, 11) is 1.80. The highest BCUT2D eigenvalue weighted by atomic mass is 16.5. The Bertz CT molecular complexity index is 338. The first-order valence-electron chi connectivity index (χ1n) is 8.50. The molecule has 6 heteroatoms. The van der Waals surface area contributed by atoms with Gasteiger partial charge in [-0.05, 0) is 39.0 Å². The van der Waals surface area contributed by atoms with Gasteiger partial charge in [-0.1, -0.05) is 0 Å². The Balaban J connectivity index is 1.52. The molecule has 1 atom stereocenters. The summed E-state index contributed by atoms with van der Waals surface area (Å²) >= 11 is 0. The molecule has 2 aliphatic rings. The smallest absolute Gasteiger partial charge is 0.191 e. The fourth-order valence-corrected chi connectivity index (χ4v) is 2.84. The van der Waals surface area contributed by atoms with Gasteiger partial charge in [0, 0.05) is 46.6 Å². The number of ether oxygens (including phenoxy) is 3. The highest BCUT2D eigenvalue weighted by Crippen LogP contribution is 2.23. The topological polar surface area (TPSA) is 64.1 Å². The van der Waals surface area contributed by atoms with Gasteiger partial charge in [-0.25, -0.2) is 0 Å². The first kappa shape index (κ1) is 17.5. The summed E-state index contributed by atoms with van der Waals surface area (Å²) in [5.74, 6) is 0.836. The number of aliphatic imine (C=N–C) groups is 1. The van der Waals surface area contributed by atoms with E-state index in [9.17, 15) is 0 Å². The number of rotatable bonds is 7. The molecule has 0 aromatic rings. The van der Waals surface area contributed by atoms with Crippen molar-refractivity contribution in [1.82, 2.24) is 10.6 Å². The van der Waals surface area contributed by atoms with Gasteiger partial charge in [-0.2, -0.15) is 0 Å². The number of nitrogens with zero attached hydrogens (tertiary/aromatic N) is 1. The summed E-state index contributed by atoms with van der Waals surface area (Å²) in [6, 6.07) is 0. The quantitative estimate of drug-likeness (QED) is 0.421. The standard InChI is InChI=1S/C16H31N3O3/c1-16(7-3-10-22-16)13-19-15(17-2)18-8-4-9-21-14-5-11-20-12-6-14/h14H,3-13H2,1-2H3,(H2,17,18,19). The van der Waals surface area contributed by atoms with E-state index in [0.29, 0.717) is 6.10 Å². The van der Waals surface area contributed by atoms with Crippen LogP contribution in [-0.2, 0) is 14.2 Å². The van der Waals surface area contributed by atoms with Crippen molar-refractivity contribution in [2.24, 2.45) is 4.99 Å². The third-order valence-electron chi connectivity index (χ3n) is 4.29. The monoisotopic (exact) mass is 313 g/mol. The molecule has 2 heterocycles. The molecule has 2 fully saturated rings. The second-order valence-electron chi connectivity index (χ2n) is 6.29. The average Bonchev–Trinajstić information content (AvgIpc) is 2.98. The Labute approximate surface area is 134 Å². The van der Waals surface area contributed by atoms with Gasteiger partial charge in [0.15, 0.2) is 5.96 Å². The van der Waals surface area contributed by atoms with Gasteiger partial charge in [0.1, 0.15) is 0 Å². The molecule has 2 rings (SSSR count). The van der Waals surface area contributed by atoms with Crippen LogP contribution in [-0.4, -0.2) is 64.2 Å². The van der Waals surface area contributed by atoms with Crippen LogP contribution in [0.3, 0.4) is 0 Å². The first-order valence-corrected chi connectivity index (χ1v) is 8.50. The molecule has 2 aliphatic heterocycles. The molecule has 0 spiro atoms. The Hall–Kier alpha value is -0.850. The van der Waals surface area contributed by atoms with Crippen LogP contribution in [0.15, 0.2) is 4.99 Å². The van der Waals surface area contributed by atoms with Gasteiger partial charge >= 0.3 is 0 Å². The van der Waals surface area contributed by atoms with Crippen LogP contribution >= 0.6 is 0 Å². The summed E-state index contributed by atoms with van der Waals surface area (Å²) in [5, 5.41) is 6.68. The molecule has 0 radical (unpaired) electrons. The highest BCUT2D eigenvalue weighted by molar-refractivity contribution is 5.79. The fraction of sp³-hybridized carbons (Fsp3) is 0.938. The van der Waals surface area contributed by atoms with Gasteiger partial charge in [-0.15, -0.1) is 0 Å². The predicted molar refractivity (Wildman–Crippen MR) is 87.4 cm³/mol. The van der Waals surface area contributed by atoms with Crippen LogP contribution in [0.4, 0.5) is 0 Å². The van der Waals surface area contributed by atoms with Gasteiger partial charge in [0.25, 0.3) is 0 Å². The van der Waals surface area contributed by atoms with Crippen molar-refractivity contribution < 1.29 is 14.2 Å². The van der Waals surface area contributed by atoms with Gasteiger partial charge in [0.2, 0.25) is 0 Å². The Morgan fingerprint density at radius 2 is 2.09 bits per heavy atom. The molecule has 22 heavy (non-hydrogen) atoms. The van der Waals surface area contributed by atoms with Crippen molar-refractivity contribution in [2.45, 2.75) is 50.7 Å². The van der Waals surface area contributed by atoms with E-state index >= 15 is 0 Å². The fourth-order valence-electron chi connectivity index (χ4n) is 2.84. The maximum atomic E-state index is 5.86. The zero-order chi connectivity index (χ0) is 15.7. The van der Waals surface area contributed by atoms with E-state index in [0.717, 1.165) is 77.6 Å². The largest absolute Gasteiger partial charge is 0.381 e. The molecule has 0 aromatic heterocycles. The average molecular weight is 313 g/mol. The lowest BCUT2D eigenvalue weighted by atomic mass is 10.0. The summed E-state index contributed by atoms with van der Waals surface area (Å²) in [6.45, 7) is 7.14. The molecule has 1 unspecified atom stereocenters. The molecule has 2 saturated heterocycles. The SMILES string of the molecule is CN=C(NCCCOC1CCOCC1)NCC1(C)CCCO1. The number of hydrogen-bond acceptors (Lipinski definition) is 4. The number of guanidine groups is 1. The van der Waals surface area contributed by atoms with Gasteiger partial charge in [0.05, 0.1) is 11.7 Å². The zero-order valence-corrected chi connectivity index (χ0v) is 14.0. The number of nitrogens with one attached hydrogen (secondary N) is 2. The van der Waals surface area contributed by atoms with Crippen LogP contribution in [0.1, 0.15) is 39.0 Å². The predicted octanol–water partition coefficient (Wildman–Crippen LogP) is 1.31. The van der Waals surface area contributed by atoms with Crippen LogP contribution in [0, 0.1) is 0 Å². The van der Waals surface area contributed by atoms with Gasteiger partial charge < -0.3 is 24.8 Å². The van der Waals surface area contributed by atoms with E-state index in [-0.39, 0.29) is 5.60 Å². The lowest BCUT2D eigenvalue weighted by molar-refractivity contribution is -0.0320. The Kier molecular flexibility index (Phi) is 7.42. The van der Waals surface area contributed by atoms with Crippen molar-refractivity contribution in [1.29, 1.82) is 0 Å². The van der Waals surface area contributed by atoms with Crippen LogP contribution in [0.25, 0.3) is 0 Å². The van der Waals surface area contributed by atoms with Crippen molar-refractivity contribution in [2.75, 3.05) is 46.6 Å². The molecular weight excluding hydrogens is 282 g/mol. The van der Waals surface area contributed by atoms with E-state index < -0.39 is 0 Å². The third kappa shape index (κ3) is 6.10. The maximum Gasteiger partial charge on any atom is 0.191 e. The minimum absolute atomic E-state index is 0.0518. The van der Waals surface area contributed by atoms with Crippen molar-refractivity contribution in [3.63, 3.8) is 0 Å². The van der Waals surface area contributed by atoms with Crippen LogP contribution < -0.4 is 10.6 Å². The van der Waals surface area contributed by atoms with E-state index in [2.05, 4.69) is 22.5 Å². The molecular formula is C16H31N3O3. The normalized spacial score (nSPS) is 27.1. The molecule has 0 saturated carbocycles. The van der Waals surface area contributed by atoms with Crippen LogP contribution in [0.5, 0.6) is 0 Å². The summed E-state index contributed by atoms with van der Waals surface area (Å²) in [4.78, 5) is 4.25. The summed E-state index contributed by atoms with van der Waals surface area (Å²) in [6.07, 6.45) is 5.66. The summed E-state index contributed by atoms with van der Waals surface area (Å²) in [5.41, 5.74) is -0.0518. The van der Waals surface area contributed by atoms with Crippen molar-refractivity contribution in [3.8, 4) is 0 Å². The lowest BCUT2D eigenvalue weighted by Crippen LogP contribution is -2.45. The third-order valence-corrected chi connectivity index (χ3v) is 4.29. The zero-order valence-electron chi connectivity index (χ0n) is 14.0. The van der Waals surface area contributed by atoms with Crippen molar-refractivity contribution in [3.05, 3.63) is 0 Å². The molecule has 2 N–H and O–H groups in total. The molecule has 128 valence electrons. The highest BCUT2D eigenvalue weighted by Gasteiger charge is 2.29. The first-order chi connectivity index (χ1) is 10.7. The Morgan fingerprint density at radius 1 is 1.27 bits per heavy atom. The van der Waals surface area contributed by atoms with E-state index in [1.807, 2.05) is 0 Å². The minimum Gasteiger partial charge on any atom is -0.381 e. The second-order valence-corrected chi connectivity index (χ2v) is 6.29. The van der Waals surface area contributed by atoms with Gasteiger partial charge in [-0.3, -0.25) is 4.99 Å². The molecule has 0 aromatic carbocycles. The molecule has 0 bridgehead atoms. The summed E-state index contributed by atoms with van der Waals surface area (Å²) < 4.78 is 16.9. The second kappa shape index (κ2) is 9.33. The lowest BCUT2D eigenvalue weighted by Gasteiger charge is -2.25. The Morgan fingerprint density at radius 3 is 2.77 bits per heavy atom. The molecule has 6 nitrogen and oxygen atoms in total. The van der Waals surface area contributed by atoms with E-state index in [4.69, 9.17) is 14.2 Å².